The van der Waals surface area contributed by atoms with E-state index < -0.39 is 16.1 Å². The van der Waals surface area contributed by atoms with E-state index in [-0.39, 0.29) is 5.75 Å². The molecule has 0 saturated heterocycles. The highest BCUT2D eigenvalue weighted by Gasteiger charge is 2.11. The third-order valence-electron chi connectivity index (χ3n) is 1.94. The van der Waals surface area contributed by atoms with Crippen LogP contribution in [-0.2, 0) is 10.0 Å². The Labute approximate surface area is 94.9 Å². The Morgan fingerprint density at radius 3 is 2.31 bits per heavy atom. The van der Waals surface area contributed by atoms with Gasteiger partial charge in [0.2, 0.25) is 10.0 Å². The topological polar surface area (TPSA) is 75.3 Å². The van der Waals surface area contributed by atoms with Crippen molar-refractivity contribution < 1.29 is 13.2 Å². The largest absolute Gasteiger partial charge is 0.332 e. The van der Waals surface area contributed by atoms with Crippen LogP contribution < -0.4 is 10.0 Å². The highest BCUT2D eigenvalue weighted by molar-refractivity contribution is 7.90. The van der Waals surface area contributed by atoms with E-state index >= 15 is 0 Å². The number of hydrogen-bond acceptors (Lipinski definition) is 3. The Balaban J connectivity index is 2.62. The lowest BCUT2D eigenvalue weighted by Crippen LogP contribution is -2.35. The van der Waals surface area contributed by atoms with Crippen LogP contribution in [0.4, 0.5) is 10.5 Å². The molecule has 0 spiro atoms. The van der Waals surface area contributed by atoms with Crippen LogP contribution >= 0.6 is 0 Å². The van der Waals surface area contributed by atoms with Crippen molar-refractivity contribution in [2.45, 2.75) is 13.8 Å². The first-order valence-electron chi connectivity index (χ1n) is 4.81. The van der Waals surface area contributed by atoms with E-state index in [9.17, 15) is 13.2 Å². The first kappa shape index (κ1) is 12.5. The second kappa shape index (κ2) is 4.98. The average molecular weight is 242 g/mol. The fourth-order valence-electron chi connectivity index (χ4n) is 1.01. The van der Waals surface area contributed by atoms with Gasteiger partial charge in [-0.1, -0.05) is 17.7 Å². The van der Waals surface area contributed by atoms with E-state index in [1.807, 2.05) is 23.8 Å². The Morgan fingerprint density at radius 2 is 1.81 bits per heavy atom. The molecule has 0 unspecified atom stereocenters. The summed E-state index contributed by atoms with van der Waals surface area (Å²) in [7, 11) is -3.51. The summed E-state index contributed by atoms with van der Waals surface area (Å²) in [5.41, 5.74) is 1.61. The summed E-state index contributed by atoms with van der Waals surface area (Å²) in [6, 6.07) is 6.31. The number of urea groups is 1. The maximum absolute atomic E-state index is 11.3. The SMILES string of the molecule is CCS(=O)(=O)NC(=O)Nc1ccc(C)cc1. The maximum Gasteiger partial charge on any atom is 0.332 e. The normalized spacial score (nSPS) is 10.9. The monoisotopic (exact) mass is 242 g/mol. The molecule has 88 valence electrons. The van der Waals surface area contributed by atoms with Gasteiger partial charge in [0.15, 0.2) is 0 Å². The van der Waals surface area contributed by atoms with Gasteiger partial charge in [-0.05, 0) is 26.0 Å². The molecule has 0 radical (unpaired) electrons. The van der Waals surface area contributed by atoms with Gasteiger partial charge in [-0.15, -0.1) is 0 Å². The molecule has 0 atom stereocenters. The quantitative estimate of drug-likeness (QED) is 0.842. The Bertz CT molecular complexity index is 465. The van der Waals surface area contributed by atoms with Gasteiger partial charge in [0.25, 0.3) is 0 Å². The van der Waals surface area contributed by atoms with Gasteiger partial charge in [-0.25, -0.2) is 17.9 Å². The van der Waals surface area contributed by atoms with Crippen molar-refractivity contribution in [2.24, 2.45) is 0 Å². The summed E-state index contributed by atoms with van der Waals surface area (Å²) >= 11 is 0. The predicted octanol–water partition coefficient (Wildman–Crippen LogP) is 1.47. The molecular formula is C10H14N2O3S. The molecule has 2 N–H and O–H groups in total. The molecule has 1 rings (SSSR count). The standard InChI is InChI=1S/C10H14N2O3S/c1-3-16(14,15)12-10(13)11-9-6-4-8(2)5-7-9/h4-7H,3H2,1-2H3,(H2,11,12,13). The molecular weight excluding hydrogens is 228 g/mol. The van der Waals surface area contributed by atoms with Crippen molar-refractivity contribution >= 4 is 21.7 Å². The van der Waals surface area contributed by atoms with Crippen LogP contribution in [0.3, 0.4) is 0 Å². The van der Waals surface area contributed by atoms with Crippen LogP contribution in [0.5, 0.6) is 0 Å². The zero-order valence-corrected chi connectivity index (χ0v) is 9.97. The number of aryl methyl sites for hydroxylation is 1. The lowest BCUT2D eigenvalue weighted by Gasteiger charge is -2.07. The zero-order chi connectivity index (χ0) is 12.2. The molecule has 6 heteroatoms. The minimum absolute atomic E-state index is 0.131. The maximum atomic E-state index is 11.3. The lowest BCUT2D eigenvalue weighted by atomic mass is 10.2. The van der Waals surface area contributed by atoms with Gasteiger partial charge in [0.1, 0.15) is 0 Å². The number of sulfonamides is 1. The summed E-state index contributed by atoms with van der Waals surface area (Å²) in [6.45, 7) is 3.38. The van der Waals surface area contributed by atoms with Gasteiger partial charge in [-0.3, -0.25) is 0 Å². The third-order valence-corrected chi connectivity index (χ3v) is 3.19. The van der Waals surface area contributed by atoms with Crippen LogP contribution in [-0.4, -0.2) is 20.2 Å². The molecule has 0 bridgehead atoms. The molecule has 16 heavy (non-hydrogen) atoms. The summed E-state index contributed by atoms with van der Waals surface area (Å²) in [6.07, 6.45) is 0. The van der Waals surface area contributed by atoms with Crippen LogP contribution in [0.2, 0.25) is 0 Å². The molecule has 0 aliphatic heterocycles. The summed E-state index contributed by atoms with van der Waals surface area (Å²) in [4.78, 5) is 11.3. The number of carbonyl (C=O) groups excluding carboxylic acids is 1. The number of hydrogen-bond donors (Lipinski definition) is 2. The predicted molar refractivity (Wildman–Crippen MR) is 62.8 cm³/mol. The summed E-state index contributed by atoms with van der Waals surface area (Å²) in [5, 5.41) is 2.43. The van der Waals surface area contributed by atoms with E-state index in [0.717, 1.165) is 5.56 Å². The summed E-state index contributed by atoms with van der Waals surface area (Å²) in [5.74, 6) is -0.131. The number of nitrogens with one attached hydrogen (secondary N) is 2. The molecule has 0 fully saturated rings. The molecule has 2 amide bonds. The minimum atomic E-state index is -3.51. The first-order chi connectivity index (χ1) is 7.43. The highest BCUT2D eigenvalue weighted by atomic mass is 32.2. The van der Waals surface area contributed by atoms with Crippen molar-refractivity contribution in [1.29, 1.82) is 0 Å². The smallest absolute Gasteiger partial charge is 0.307 e. The molecule has 0 saturated carbocycles. The summed E-state index contributed by atoms with van der Waals surface area (Å²) < 4.78 is 24.1. The first-order valence-corrected chi connectivity index (χ1v) is 6.46. The number of anilines is 1. The number of carbonyl (C=O) groups is 1. The van der Waals surface area contributed by atoms with Crippen molar-refractivity contribution in [3.63, 3.8) is 0 Å². The van der Waals surface area contributed by atoms with Gasteiger partial charge >= 0.3 is 6.03 Å². The molecule has 0 aromatic heterocycles. The fourth-order valence-corrected chi connectivity index (χ4v) is 1.48. The lowest BCUT2D eigenvalue weighted by molar-refractivity contribution is 0.256. The van der Waals surface area contributed by atoms with Crippen molar-refractivity contribution in [1.82, 2.24) is 4.72 Å². The molecule has 0 aliphatic rings. The molecule has 1 aromatic rings. The average Bonchev–Trinajstić information content (AvgIpc) is 2.21. The van der Waals surface area contributed by atoms with Crippen LogP contribution in [0.25, 0.3) is 0 Å². The van der Waals surface area contributed by atoms with Gasteiger partial charge in [-0.2, -0.15) is 0 Å². The molecule has 1 aromatic carbocycles. The van der Waals surface area contributed by atoms with Crippen LogP contribution in [0.1, 0.15) is 12.5 Å². The van der Waals surface area contributed by atoms with Gasteiger partial charge < -0.3 is 5.32 Å². The second-order valence-electron chi connectivity index (χ2n) is 3.33. The number of amides is 2. The van der Waals surface area contributed by atoms with Crippen molar-refractivity contribution in [3.8, 4) is 0 Å². The van der Waals surface area contributed by atoms with E-state index in [1.54, 1.807) is 12.1 Å². The molecule has 5 nitrogen and oxygen atoms in total. The van der Waals surface area contributed by atoms with E-state index in [0.29, 0.717) is 5.69 Å². The van der Waals surface area contributed by atoms with Crippen LogP contribution in [0.15, 0.2) is 24.3 Å². The zero-order valence-electron chi connectivity index (χ0n) is 9.15. The van der Waals surface area contributed by atoms with E-state index in [1.165, 1.54) is 6.92 Å². The second-order valence-corrected chi connectivity index (χ2v) is 5.34. The van der Waals surface area contributed by atoms with Gasteiger partial charge in [0, 0.05) is 5.69 Å². The number of rotatable bonds is 3. The van der Waals surface area contributed by atoms with E-state index in [4.69, 9.17) is 0 Å². The highest BCUT2D eigenvalue weighted by Crippen LogP contribution is 2.08. The Morgan fingerprint density at radius 1 is 1.25 bits per heavy atom. The van der Waals surface area contributed by atoms with E-state index in [2.05, 4.69) is 5.32 Å². The molecule has 0 aliphatic carbocycles. The van der Waals surface area contributed by atoms with Crippen molar-refractivity contribution in [2.75, 3.05) is 11.1 Å². The fraction of sp³-hybridized carbons (Fsp3) is 0.300. The van der Waals surface area contributed by atoms with Gasteiger partial charge in [0.05, 0.1) is 5.75 Å². The Kier molecular flexibility index (Phi) is 3.89. The third kappa shape index (κ3) is 3.90. The number of benzene rings is 1. The van der Waals surface area contributed by atoms with Crippen LogP contribution in [0, 0.1) is 6.92 Å². The van der Waals surface area contributed by atoms with Crippen molar-refractivity contribution in [3.05, 3.63) is 29.8 Å². The molecule has 0 heterocycles. The minimum Gasteiger partial charge on any atom is -0.307 e. The Hall–Kier alpha value is -1.56.